The fourth-order valence-corrected chi connectivity index (χ4v) is 2.33. The first-order chi connectivity index (χ1) is 10.3. The molecule has 0 radical (unpaired) electrons. The van der Waals surface area contributed by atoms with Crippen molar-refractivity contribution in [3.05, 3.63) is 78.4 Å². The van der Waals surface area contributed by atoms with Gasteiger partial charge in [0.2, 0.25) is 5.91 Å². The molecule has 0 aliphatic heterocycles. The summed E-state index contributed by atoms with van der Waals surface area (Å²) in [5, 5.41) is 2.27. The van der Waals surface area contributed by atoms with Crippen molar-refractivity contribution < 1.29 is 4.79 Å². The molecule has 21 heavy (non-hydrogen) atoms. The third kappa shape index (κ3) is 3.20. The van der Waals surface area contributed by atoms with Crippen LogP contribution in [0.1, 0.15) is 5.56 Å². The van der Waals surface area contributed by atoms with Crippen molar-refractivity contribution in [2.75, 3.05) is 5.43 Å². The highest BCUT2D eigenvalue weighted by atomic mass is 16.2. The van der Waals surface area contributed by atoms with Gasteiger partial charge in [0.1, 0.15) is 0 Å². The summed E-state index contributed by atoms with van der Waals surface area (Å²) in [4.78, 5) is 12.1. The number of para-hydroxylation sites is 1. The monoisotopic (exact) mass is 276 g/mol. The van der Waals surface area contributed by atoms with Gasteiger partial charge < -0.3 is 0 Å². The topological polar surface area (TPSA) is 41.1 Å². The van der Waals surface area contributed by atoms with Crippen LogP contribution in [0.4, 0.5) is 5.69 Å². The van der Waals surface area contributed by atoms with Crippen LogP contribution in [0.5, 0.6) is 0 Å². The average Bonchev–Trinajstić information content (AvgIpc) is 2.54. The van der Waals surface area contributed by atoms with Gasteiger partial charge in [-0.15, -0.1) is 0 Å². The highest BCUT2D eigenvalue weighted by Gasteiger charge is 2.06. The average molecular weight is 276 g/mol. The maximum atomic E-state index is 12.1. The molecule has 2 N–H and O–H groups in total. The Hall–Kier alpha value is -2.81. The van der Waals surface area contributed by atoms with Crippen LogP contribution in [0.25, 0.3) is 10.8 Å². The van der Waals surface area contributed by atoms with Gasteiger partial charge in [-0.1, -0.05) is 60.7 Å². The smallest absolute Gasteiger partial charge is 0.242 e. The number of anilines is 1. The highest BCUT2D eigenvalue weighted by molar-refractivity contribution is 5.90. The second kappa shape index (κ2) is 6.09. The molecule has 0 fully saturated rings. The summed E-state index contributed by atoms with van der Waals surface area (Å²) in [6, 6.07) is 23.7. The van der Waals surface area contributed by atoms with E-state index in [1.807, 2.05) is 60.7 Å². The number of amides is 1. The lowest BCUT2D eigenvalue weighted by atomic mass is 10.0. The molecule has 3 rings (SSSR count). The van der Waals surface area contributed by atoms with Crippen molar-refractivity contribution in [2.24, 2.45) is 0 Å². The van der Waals surface area contributed by atoms with Gasteiger partial charge in [0.15, 0.2) is 0 Å². The Labute approximate surface area is 123 Å². The van der Waals surface area contributed by atoms with Gasteiger partial charge in [0.25, 0.3) is 0 Å². The highest BCUT2D eigenvalue weighted by Crippen LogP contribution is 2.18. The summed E-state index contributed by atoms with van der Waals surface area (Å²) in [6.45, 7) is 0. The second-order valence-electron chi connectivity index (χ2n) is 4.85. The Balaban J connectivity index is 1.69. The first kappa shape index (κ1) is 13.2. The molecule has 0 unspecified atom stereocenters. The van der Waals surface area contributed by atoms with Gasteiger partial charge in [-0.2, -0.15) is 0 Å². The molecule has 0 aromatic heterocycles. The number of benzene rings is 3. The second-order valence-corrected chi connectivity index (χ2v) is 4.85. The number of nitrogens with one attached hydrogen (secondary N) is 2. The lowest BCUT2D eigenvalue weighted by Crippen LogP contribution is -2.30. The zero-order valence-electron chi connectivity index (χ0n) is 11.5. The molecular weight excluding hydrogens is 260 g/mol. The molecule has 0 spiro atoms. The van der Waals surface area contributed by atoms with E-state index in [9.17, 15) is 4.79 Å². The van der Waals surface area contributed by atoms with E-state index in [-0.39, 0.29) is 5.91 Å². The molecule has 3 aromatic carbocycles. The molecule has 3 nitrogen and oxygen atoms in total. The van der Waals surface area contributed by atoms with E-state index in [1.165, 1.54) is 0 Å². The van der Waals surface area contributed by atoms with Crippen molar-refractivity contribution in [3.63, 3.8) is 0 Å². The fourth-order valence-electron chi connectivity index (χ4n) is 2.33. The number of carbonyl (C=O) groups excluding carboxylic acids is 1. The maximum Gasteiger partial charge on any atom is 0.242 e. The standard InChI is InChI=1S/C18H16N2O/c21-18(20-19-16-10-2-1-3-11-16)13-15-9-6-8-14-7-4-5-12-17(14)15/h1-12,19H,13H2,(H,20,21). The largest absolute Gasteiger partial charge is 0.299 e. The molecule has 0 atom stereocenters. The minimum Gasteiger partial charge on any atom is -0.299 e. The Bertz CT molecular complexity index is 748. The molecular formula is C18H16N2O. The van der Waals surface area contributed by atoms with E-state index in [0.717, 1.165) is 22.0 Å². The first-order valence-electron chi connectivity index (χ1n) is 6.89. The molecule has 104 valence electrons. The maximum absolute atomic E-state index is 12.1. The summed E-state index contributed by atoms with van der Waals surface area (Å²) < 4.78 is 0. The van der Waals surface area contributed by atoms with Crippen LogP contribution < -0.4 is 10.9 Å². The minimum atomic E-state index is -0.0600. The van der Waals surface area contributed by atoms with E-state index < -0.39 is 0 Å². The third-order valence-electron chi connectivity index (χ3n) is 3.35. The van der Waals surface area contributed by atoms with Crippen LogP contribution in [0.2, 0.25) is 0 Å². The molecule has 3 heteroatoms. The zero-order valence-corrected chi connectivity index (χ0v) is 11.5. The molecule has 0 saturated heterocycles. The van der Waals surface area contributed by atoms with Gasteiger partial charge in [0.05, 0.1) is 12.1 Å². The van der Waals surface area contributed by atoms with E-state index in [4.69, 9.17) is 0 Å². The Morgan fingerprint density at radius 2 is 1.52 bits per heavy atom. The lowest BCUT2D eigenvalue weighted by Gasteiger charge is -2.09. The summed E-state index contributed by atoms with van der Waals surface area (Å²) in [5.41, 5.74) is 7.53. The fraction of sp³-hybridized carbons (Fsp3) is 0.0556. The van der Waals surface area contributed by atoms with E-state index in [0.29, 0.717) is 6.42 Å². The van der Waals surface area contributed by atoms with E-state index in [2.05, 4.69) is 23.0 Å². The van der Waals surface area contributed by atoms with E-state index >= 15 is 0 Å². The molecule has 1 amide bonds. The summed E-state index contributed by atoms with van der Waals surface area (Å²) in [7, 11) is 0. The molecule has 0 aliphatic carbocycles. The predicted molar refractivity (Wildman–Crippen MR) is 85.9 cm³/mol. The molecule has 0 aliphatic rings. The van der Waals surface area contributed by atoms with Crippen LogP contribution in [0, 0.1) is 0 Å². The van der Waals surface area contributed by atoms with Crippen molar-refractivity contribution in [2.45, 2.75) is 6.42 Å². The number of rotatable bonds is 4. The zero-order chi connectivity index (χ0) is 14.5. The first-order valence-corrected chi connectivity index (χ1v) is 6.89. The molecule has 0 bridgehead atoms. The number of fused-ring (bicyclic) bond motifs is 1. The SMILES string of the molecule is O=C(Cc1cccc2ccccc12)NNc1ccccc1. The van der Waals surface area contributed by atoms with Crippen molar-refractivity contribution >= 4 is 22.4 Å². The minimum absolute atomic E-state index is 0.0600. The van der Waals surface area contributed by atoms with Crippen LogP contribution in [-0.2, 0) is 11.2 Å². The van der Waals surface area contributed by atoms with Crippen LogP contribution >= 0.6 is 0 Å². The van der Waals surface area contributed by atoms with Crippen molar-refractivity contribution in [3.8, 4) is 0 Å². The van der Waals surface area contributed by atoms with Gasteiger partial charge in [-0.05, 0) is 28.5 Å². The van der Waals surface area contributed by atoms with Crippen molar-refractivity contribution in [1.82, 2.24) is 5.43 Å². The lowest BCUT2D eigenvalue weighted by molar-refractivity contribution is -0.119. The quantitative estimate of drug-likeness (QED) is 0.716. The van der Waals surface area contributed by atoms with E-state index in [1.54, 1.807) is 0 Å². The van der Waals surface area contributed by atoms with Crippen LogP contribution in [0.3, 0.4) is 0 Å². The van der Waals surface area contributed by atoms with Crippen molar-refractivity contribution in [1.29, 1.82) is 0 Å². The number of carbonyl (C=O) groups is 1. The van der Waals surface area contributed by atoms with Gasteiger partial charge in [-0.25, -0.2) is 0 Å². The number of hydrazine groups is 1. The Kier molecular flexibility index (Phi) is 3.83. The van der Waals surface area contributed by atoms with Crippen LogP contribution in [-0.4, -0.2) is 5.91 Å². The summed E-state index contributed by atoms with van der Waals surface area (Å²) in [5.74, 6) is -0.0600. The molecule has 3 aromatic rings. The van der Waals surface area contributed by atoms with Gasteiger partial charge in [-0.3, -0.25) is 15.6 Å². The predicted octanol–water partition coefficient (Wildman–Crippen LogP) is 3.53. The van der Waals surface area contributed by atoms with Gasteiger partial charge >= 0.3 is 0 Å². The third-order valence-corrected chi connectivity index (χ3v) is 3.35. The Morgan fingerprint density at radius 3 is 2.38 bits per heavy atom. The number of hydrogen-bond donors (Lipinski definition) is 2. The normalized spacial score (nSPS) is 10.3. The van der Waals surface area contributed by atoms with Crippen LogP contribution in [0.15, 0.2) is 72.8 Å². The molecule has 0 saturated carbocycles. The molecule has 0 heterocycles. The number of hydrogen-bond acceptors (Lipinski definition) is 2. The van der Waals surface area contributed by atoms with Gasteiger partial charge in [0, 0.05) is 0 Å². The Morgan fingerprint density at radius 1 is 0.810 bits per heavy atom. The summed E-state index contributed by atoms with van der Waals surface area (Å²) >= 11 is 0. The summed E-state index contributed by atoms with van der Waals surface area (Å²) in [6.07, 6.45) is 0.348.